The second-order valence-electron chi connectivity index (χ2n) is 7.30. The van der Waals surface area contributed by atoms with E-state index in [0.29, 0.717) is 11.5 Å². The molecule has 2 nitrogen and oxygen atoms in total. The van der Waals surface area contributed by atoms with Gasteiger partial charge in [-0.3, -0.25) is 0 Å². The second kappa shape index (κ2) is 4.66. The maximum absolute atomic E-state index is 6.42. The van der Waals surface area contributed by atoms with Gasteiger partial charge >= 0.3 is 0 Å². The lowest BCUT2D eigenvalue weighted by Crippen LogP contribution is -2.44. The average molecular weight is 226 g/mol. The van der Waals surface area contributed by atoms with E-state index in [1.54, 1.807) is 0 Å². The summed E-state index contributed by atoms with van der Waals surface area (Å²) in [6, 6.07) is 0.583. The van der Waals surface area contributed by atoms with Crippen molar-refractivity contribution in [1.82, 2.24) is 4.90 Å². The summed E-state index contributed by atoms with van der Waals surface area (Å²) in [6.45, 7) is 12.8. The standard InChI is InChI=1S/C14H30N2/c1-11-7-13(3,4)10-16(6)12(2)9-14(5,15)8-11/h11-12H,7-10,15H2,1-6H3. The predicted octanol–water partition coefficient (Wildman–Crippen LogP) is 2.87. The van der Waals surface area contributed by atoms with Gasteiger partial charge in [-0.1, -0.05) is 20.8 Å². The van der Waals surface area contributed by atoms with Crippen LogP contribution in [0.4, 0.5) is 0 Å². The Kier molecular flexibility index (Phi) is 4.07. The van der Waals surface area contributed by atoms with Gasteiger partial charge in [0.05, 0.1) is 0 Å². The zero-order chi connectivity index (χ0) is 12.6. The van der Waals surface area contributed by atoms with Gasteiger partial charge in [-0.25, -0.2) is 0 Å². The van der Waals surface area contributed by atoms with E-state index in [4.69, 9.17) is 5.73 Å². The number of hydrogen-bond acceptors (Lipinski definition) is 2. The molecular weight excluding hydrogens is 196 g/mol. The SMILES string of the molecule is CC1CC(C)(C)CN(C)C(C)CC(C)(N)C1. The molecule has 1 aliphatic rings. The molecule has 0 aromatic carbocycles. The van der Waals surface area contributed by atoms with E-state index in [1.165, 1.54) is 13.0 Å². The molecular formula is C14H30N2. The largest absolute Gasteiger partial charge is 0.325 e. The summed E-state index contributed by atoms with van der Waals surface area (Å²) in [7, 11) is 2.23. The van der Waals surface area contributed by atoms with Gasteiger partial charge in [-0.15, -0.1) is 0 Å². The van der Waals surface area contributed by atoms with Crippen molar-refractivity contribution in [1.29, 1.82) is 0 Å². The lowest BCUT2D eigenvalue weighted by Gasteiger charge is -2.34. The minimum atomic E-state index is -0.00644. The van der Waals surface area contributed by atoms with E-state index in [9.17, 15) is 0 Å². The van der Waals surface area contributed by atoms with Crippen LogP contribution in [0.25, 0.3) is 0 Å². The van der Waals surface area contributed by atoms with E-state index in [1.807, 2.05) is 0 Å². The Hall–Kier alpha value is -0.0800. The Balaban J connectivity index is 2.84. The zero-order valence-electron chi connectivity index (χ0n) is 12.0. The van der Waals surface area contributed by atoms with E-state index in [2.05, 4.69) is 46.6 Å². The van der Waals surface area contributed by atoms with Crippen LogP contribution in [0.15, 0.2) is 0 Å². The van der Waals surface area contributed by atoms with Gasteiger partial charge in [0.1, 0.15) is 0 Å². The third kappa shape index (κ3) is 4.06. The molecule has 3 atom stereocenters. The molecule has 0 aromatic rings. The fourth-order valence-electron chi connectivity index (χ4n) is 3.62. The van der Waals surface area contributed by atoms with Crippen molar-refractivity contribution in [2.45, 2.75) is 65.5 Å². The van der Waals surface area contributed by atoms with Crippen LogP contribution in [-0.2, 0) is 0 Å². The Labute approximate surface area is 102 Å². The fourth-order valence-corrected chi connectivity index (χ4v) is 3.62. The molecule has 1 rings (SSSR count). The second-order valence-corrected chi connectivity index (χ2v) is 7.30. The maximum atomic E-state index is 6.42. The van der Waals surface area contributed by atoms with E-state index in [0.717, 1.165) is 18.8 Å². The summed E-state index contributed by atoms with van der Waals surface area (Å²) >= 11 is 0. The molecule has 0 saturated carbocycles. The molecule has 1 fully saturated rings. The lowest BCUT2D eigenvalue weighted by atomic mass is 9.78. The smallest absolute Gasteiger partial charge is 0.0143 e. The molecule has 2 N–H and O–H groups in total. The predicted molar refractivity (Wildman–Crippen MR) is 71.5 cm³/mol. The van der Waals surface area contributed by atoms with Gasteiger partial charge < -0.3 is 10.6 Å². The molecule has 0 aromatic heterocycles. The van der Waals surface area contributed by atoms with Crippen molar-refractivity contribution >= 4 is 0 Å². The molecule has 0 aliphatic carbocycles. The van der Waals surface area contributed by atoms with Gasteiger partial charge in [-0.2, -0.15) is 0 Å². The quantitative estimate of drug-likeness (QED) is 0.688. The first kappa shape index (κ1) is 14.0. The first-order valence-corrected chi connectivity index (χ1v) is 6.60. The van der Waals surface area contributed by atoms with Crippen molar-refractivity contribution in [2.24, 2.45) is 17.1 Å². The average Bonchev–Trinajstić information content (AvgIpc) is 1.98. The van der Waals surface area contributed by atoms with Crippen LogP contribution in [0.1, 0.15) is 53.9 Å². The van der Waals surface area contributed by atoms with Crippen LogP contribution in [0, 0.1) is 11.3 Å². The topological polar surface area (TPSA) is 29.3 Å². The Bertz CT molecular complexity index is 209. The third-order valence-electron chi connectivity index (χ3n) is 3.91. The molecule has 3 unspecified atom stereocenters. The monoisotopic (exact) mass is 226 g/mol. The Morgan fingerprint density at radius 1 is 1.06 bits per heavy atom. The van der Waals surface area contributed by atoms with Crippen LogP contribution in [0.5, 0.6) is 0 Å². The highest BCUT2D eigenvalue weighted by molar-refractivity contribution is 4.90. The van der Waals surface area contributed by atoms with Gasteiger partial charge in [-0.05, 0) is 51.5 Å². The third-order valence-corrected chi connectivity index (χ3v) is 3.91. The molecule has 1 aliphatic heterocycles. The molecule has 0 spiro atoms. The number of nitrogens with two attached hydrogens (primary N) is 1. The number of nitrogens with zero attached hydrogens (tertiary/aromatic N) is 1. The molecule has 1 heterocycles. The Morgan fingerprint density at radius 3 is 2.19 bits per heavy atom. The minimum Gasteiger partial charge on any atom is -0.325 e. The first-order valence-electron chi connectivity index (χ1n) is 6.60. The van der Waals surface area contributed by atoms with E-state index >= 15 is 0 Å². The summed E-state index contributed by atoms with van der Waals surface area (Å²) in [5, 5.41) is 0. The highest BCUT2D eigenvalue weighted by Gasteiger charge is 2.33. The summed E-state index contributed by atoms with van der Waals surface area (Å²) in [6.07, 6.45) is 3.52. The summed E-state index contributed by atoms with van der Waals surface area (Å²) in [5.74, 6) is 0.726. The zero-order valence-corrected chi connectivity index (χ0v) is 12.0. The minimum absolute atomic E-state index is 0.00644. The summed E-state index contributed by atoms with van der Waals surface area (Å²) in [5.41, 5.74) is 6.82. The highest BCUT2D eigenvalue weighted by atomic mass is 15.1. The van der Waals surface area contributed by atoms with Crippen molar-refractivity contribution in [3.05, 3.63) is 0 Å². The maximum Gasteiger partial charge on any atom is 0.0143 e. The van der Waals surface area contributed by atoms with Crippen LogP contribution in [0.2, 0.25) is 0 Å². The van der Waals surface area contributed by atoms with Gasteiger partial charge in [0, 0.05) is 18.1 Å². The molecule has 1 saturated heterocycles. The van der Waals surface area contributed by atoms with Crippen LogP contribution in [-0.4, -0.2) is 30.1 Å². The van der Waals surface area contributed by atoms with Crippen molar-refractivity contribution in [2.75, 3.05) is 13.6 Å². The van der Waals surface area contributed by atoms with Crippen molar-refractivity contribution < 1.29 is 0 Å². The molecule has 2 heteroatoms. The van der Waals surface area contributed by atoms with Gasteiger partial charge in [0.25, 0.3) is 0 Å². The van der Waals surface area contributed by atoms with Crippen molar-refractivity contribution in [3.63, 3.8) is 0 Å². The van der Waals surface area contributed by atoms with Crippen LogP contribution >= 0.6 is 0 Å². The highest BCUT2D eigenvalue weighted by Crippen LogP contribution is 2.34. The lowest BCUT2D eigenvalue weighted by molar-refractivity contribution is 0.149. The summed E-state index contributed by atoms with van der Waals surface area (Å²) < 4.78 is 0. The van der Waals surface area contributed by atoms with Gasteiger partial charge in [0.2, 0.25) is 0 Å². The molecule has 0 bridgehead atoms. The molecule has 0 amide bonds. The van der Waals surface area contributed by atoms with Crippen molar-refractivity contribution in [3.8, 4) is 0 Å². The van der Waals surface area contributed by atoms with Gasteiger partial charge in [0.15, 0.2) is 0 Å². The van der Waals surface area contributed by atoms with Crippen LogP contribution < -0.4 is 5.73 Å². The molecule has 96 valence electrons. The van der Waals surface area contributed by atoms with E-state index < -0.39 is 0 Å². The van der Waals surface area contributed by atoms with Crippen LogP contribution in [0.3, 0.4) is 0 Å². The fraction of sp³-hybridized carbons (Fsp3) is 1.00. The number of hydrogen-bond donors (Lipinski definition) is 1. The molecule has 16 heavy (non-hydrogen) atoms. The normalized spacial score (nSPS) is 42.2. The Morgan fingerprint density at radius 2 is 1.62 bits per heavy atom. The van der Waals surface area contributed by atoms with E-state index in [-0.39, 0.29) is 5.54 Å². The molecule has 0 radical (unpaired) electrons. The number of rotatable bonds is 0. The summed E-state index contributed by atoms with van der Waals surface area (Å²) in [4.78, 5) is 2.48. The first-order chi connectivity index (χ1) is 7.11.